The van der Waals surface area contributed by atoms with Crippen molar-refractivity contribution >= 4 is 17.5 Å². The van der Waals surface area contributed by atoms with Crippen molar-refractivity contribution in [3.05, 3.63) is 34.6 Å². The lowest BCUT2D eigenvalue weighted by Gasteiger charge is -2.34. The van der Waals surface area contributed by atoms with Gasteiger partial charge in [0.15, 0.2) is 0 Å². The molecule has 1 aliphatic heterocycles. The van der Waals surface area contributed by atoms with Crippen LogP contribution in [0.15, 0.2) is 18.2 Å². The lowest BCUT2D eigenvalue weighted by atomic mass is 10.1. The second-order valence-corrected chi connectivity index (χ2v) is 7.30. The molecule has 3 rings (SSSR count). The molecule has 1 N–H and O–H groups in total. The highest BCUT2D eigenvalue weighted by Gasteiger charge is 2.44. The highest BCUT2D eigenvalue weighted by atomic mass is 35.5. The molecule has 1 aromatic carbocycles. The Bertz CT molecular complexity index is 583. The van der Waals surface area contributed by atoms with Gasteiger partial charge in [0.25, 0.3) is 5.91 Å². The van der Waals surface area contributed by atoms with E-state index in [4.69, 9.17) is 11.6 Å². The molecule has 2 fully saturated rings. The van der Waals surface area contributed by atoms with Gasteiger partial charge < -0.3 is 15.1 Å². The van der Waals surface area contributed by atoms with Crippen molar-refractivity contribution in [2.45, 2.75) is 12.8 Å². The number of amides is 1. The van der Waals surface area contributed by atoms with Gasteiger partial charge in [-0.15, -0.1) is 0 Å². The molecule has 23 heavy (non-hydrogen) atoms. The van der Waals surface area contributed by atoms with Gasteiger partial charge >= 0.3 is 0 Å². The summed E-state index contributed by atoms with van der Waals surface area (Å²) in [6, 6.07) is 4.17. The lowest BCUT2D eigenvalue weighted by Crippen LogP contribution is -2.47. The molecule has 6 heteroatoms. The second kappa shape index (κ2) is 6.75. The number of nitrogens with one attached hydrogen (secondary N) is 1. The van der Waals surface area contributed by atoms with Crippen LogP contribution in [0.3, 0.4) is 0 Å². The van der Waals surface area contributed by atoms with Gasteiger partial charge in [0, 0.05) is 50.2 Å². The van der Waals surface area contributed by atoms with Gasteiger partial charge in [-0.2, -0.15) is 0 Å². The number of carbonyl (C=O) groups excluding carboxylic acids is 1. The van der Waals surface area contributed by atoms with Gasteiger partial charge in [0.2, 0.25) is 0 Å². The monoisotopic (exact) mass is 339 g/mol. The number of rotatable bonds is 5. The molecule has 4 nitrogen and oxygen atoms in total. The molecule has 0 bridgehead atoms. The van der Waals surface area contributed by atoms with Crippen LogP contribution in [-0.4, -0.2) is 62.0 Å². The SMILES string of the molecule is CN1CCN(CC2(CNC(=O)c3ccc(Cl)c(F)c3)CC2)CC1. The molecular weight excluding hydrogens is 317 g/mol. The van der Waals surface area contributed by atoms with Crippen LogP contribution in [0, 0.1) is 11.2 Å². The van der Waals surface area contributed by atoms with Crippen molar-refractivity contribution in [2.75, 3.05) is 46.3 Å². The standard InChI is InChI=1S/C17H23ClFN3O/c1-21-6-8-22(9-7-21)12-17(4-5-17)11-20-16(23)13-2-3-14(18)15(19)10-13/h2-3,10H,4-9,11-12H2,1H3,(H,20,23). The summed E-state index contributed by atoms with van der Waals surface area (Å²) in [7, 11) is 2.15. The molecular formula is C17H23ClFN3O. The van der Waals surface area contributed by atoms with E-state index in [1.165, 1.54) is 12.1 Å². The second-order valence-electron chi connectivity index (χ2n) is 6.89. The van der Waals surface area contributed by atoms with Crippen LogP contribution in [0.1, 0.15) is 23.2 Å². The topological polar surface area (TPSA) is 35.6 Å². The zero-order valence-electron chi connectivity index (χ0n) is 13.4. The van der Waals surface area contributed by atoms with Crippen molar-refractivity contribution in [1.82, 2.24) is 15.1 Å². The van der Waals surface area contributed by atoms with Crippen molar-refractivity contribution in [1.29, 1.82) is 0 Å². The minimum atomic E-state index is -0.558. The normalized spacial score (nSPS) is 21.2. The number of nitrogens with zero attached hydrogens (tertiary/aromatic N) is 2. The third-order valence-electron chi connectivity index (χ3n) is 4.92. The fourth-order valence-corrected chi connectivity index (χ4v) is 3.17. The predicted molar refractivity (Wildman–Crippen MR) is 89.3 cm³/mol. The molecule has 1 saturated carbocycles. The molecule has 0 unspecified atom stereocenters. The first-order valence-corrected chi connectivity index (χ1v) is 8.49. The molecule has 1 aromatic rings. The van der Waals surface area contributed by atoms with E-state index in [2.05, 4.69) is 22.2 Å². The molecule has 0 spiro atoms. The maximum atomic E-state index is 13.4. The van der Waals surface area contributed by atoms with Crippen molar-refractivity contribution in [3.8, 4) is 0 Å². The Morgan fingerprint density at radius 1 is 1.30 bits per heavy atom. The Balaban J connectivity index is 1.51. The summed E-state index contributed by atoms with van der Waals surface area (Å²) in [5.74, 6) is -0.789. The van der Waals surface area contributed by atoms with E-state index >= 15 is 0 Å². The summed E-state index contributed by atoms with van der Waals surface area (Å²) in [6.45, 7) is 6.08. The molecule has 126 valence electrons. The molecule has 0 aromatic heterocycles. The quantitative estimate of drug-likeness (QED) is 0.893. The summed E-state index contributed by atoms with van der Waals surface area (Å²) in [5.41, 5.74) is 0.526. The first-order chi connectivity index (χ1) is 11.0. The fourth-order valence-electron chi connectivity index (χ4n) is 3.06. The van der Waals surface area contributed by atoms with E-state index in [9.17, 15) is 9.18 Å². The van der Waals surface area contributed by atoms with Crippen LogP contribution in [0.4, 0.5) is 4.39 Å². The fraction of sp³-hybridized carbons (Fsp3) is 0.588. The maximum Gasteiger partial charge on any atom is 0.251 e. The van der Waals surface area contributed by atoms with Crippen molar-refractivity contribution in [3.63, 3.8) is 0 Å². The van der Waals surface area contributed by atoms with E-state index in [1.807, 2.05) is 0 Å². The van der Waals surface area contributed by atoms with Crippen LogP contribution >= 0.6 is 11.6 Å². The van der Waals surface area contributed by atoms with E-state index in [0.717, 1.165) is 45.6 Å². The van der Waals surface area contributed by atoms with E-state index in [1.54, 1.807) is 6.07 Å². The number of benzene rings is 1. The Hall–Kier alpha value is -1.17. The molecule has 1 amide bonds. The minimum absolute atomic E-state index is 0.0373. The van der Waals surface area contributed by atoms with E-state index in [0.29, 0.717) is 12.1 Å². The summed E-state index contributed by atoms with van der Waals surface area (Å²) < 4.78 is 13.4. The van der Waals surface area contributed by atoms with Gasteiger partial charge in [0.1, 0.15) is 5.82 Å². The van der Waals surface area contributed by atoms with Gasteiger partial charge in [0.05, 0.1) is 5.02 Å². The number of piperazine rings is 1. The highest BCUT2D eigenvalue weighted by molar-refractivity contribution is 6.30. The van der Waals surface area contributed by atoms with Crippen LogP contribution in [-0.2, 0) is 0 Å². The number of hydrogen-bond donors (Lipinski definition) is 1. The first kappa shape index (κ1) is 16.7. The van der Waals surface area contributed by atoms with Crippen molar-refractivity contribution in [2.24, 2.45) is 5.41 Å². The molecule has 0 radical (unpaired) electrons. The first-order valence-electron chi connectivity index (χ1n) is 8.12. The zero-order chi connectivity index (χ0) is 16.4. The maximum absolute atomic E-state index is 13.4. The lowest BCUT2D eigenvalue weighted by molar-refractivity contribution is 0.0926. The summed E-state index contributed by atoms with van der Waals surface area (Å²) in [5, 5.41) is 3.00. The summed E-state index contributed by atoms with van der Waals surface area (Å²) in [4.78, 5) is 17.0. The molecule has 2 aliphatic rings. The summed E-state index contributed by atoms with van der Waals surface area (Å²) in [6.07, 6.45) is 2.29. The Kier molecular flexibility index (Phi) is 4.90. The summed E-state index contributed by atoms with van der Waals surface area (Å²) >= 11 is 5.65. The largest absolute Gasteiger partial charge is 0.351 e. The average Bonchev–Trinajstić information content (AvgIpc) is 3.30. The van der Waals surface area contributed by atoms with Gasteiger partial charge in [-0.1, -0.05) is 11.6 Å². The van der Waals surface area contributed by atoms with Crippen LogP contribution in [0.25, 0.3) is 0 Å². The van der Waals surface area contributed by atoms with Gasteiger partial charge in [-0.05, 0) is 38.1 Å². The Labute approximate surface area is 141 Å². The van der Waals surface area contributed by atoms with Crippen LogP contribution in [0.5, 0.6) is 0 Å². The van der Waals surface area contributed by atoms with E-state index in [-0.39, 0.29) is 16.3 Å². The Morgan fingerprint density at radius 3 is 2.61 bits per heavy atom. The number of hydrogen-bond acceptors (Lipinski definition) is 3. The third-order valence-corrected chi connectivity index (χ3v) is 5.22. The molecule has 1 aliphatic carbocycles. The smallest absolute Gasteiger partial charge is 0.251 e. The molecule has 0 atom stereocenters. The predicted octanol–water partition coefficient (Wildman–Crippen LogP) is 2.24. The number of likely N-dealkylation sites (N-methyl/N-ethyl adjacent to an activating group) is 1. The number of halogens is 2. The third kappa shape index (κ3) is 4.22. The molecule has 1 heterocycles. The van der Waals surface area contributed by atoms with Gasteiger partial charge in [-0.3, -0.25) is 4.79 Å². The van der Waals surface area contributed by atoms with Gasteiger partial charge in [-0.25, -0.2) is 4.39 Å². The number of carbonyl (C=O) groups is 1. The van der Waals surface area contributed by atoms with Crippen molar-refractivity contribution < 1.29 is 9.18 Å². The zero-order valence-corrected chi connectivity index (χ0v) is 14.2. The average molecular weight is 340 g/mol. The van der Waals surface area contributed by atoms with Crippen LogP contribution in [0.2, 0.25) is 5.02 Å². The minimum Gasteiger partial charge on any atom is -0.351 e. The van der Waals surface area contributed by atoms with Crippen LogP contribution < -0.4 is 5.32 Å². The Morgan fingerprint density at radius 2 is 2.00 bits per heavy atom. The molecule has 1 saturated heterocycles. The van der Waals surface area contributed by atoms with E-state index < -0.39 is 5.82 Å². The highest BCUT2D eigenvalue weighted by Crippen LogP contribution is 2.45.